The Hall–Kier alpha value is -2.02. The summed E-state index contributed by atoms with van der Waals surface area (Å²) >= 11 is 0. The molecule has 0 heterocycles. The van der Waals surface area contributed by atoms with E-state index < -0.39 is 18.0 Å². The van der Waals surface area contributed by atoms with E-state index in [9.17, 15) is 9.18 Å². The Balaban J connectivity index is 2.54. The van der Waals surface area contributed by atoms with Crippen LogP contribution < -0.4 is 16.2 Å². The summed E-state index contributed by atoms with van der Waals surface area (Å²) in [5.41, 5.74) is 11.1. The van der Waals surface area contributed by atoms with Gasteiger partial charge in [0.2, 0.25) is 0 Å². The predicted octanol–water partition coefficient (Wildman–Crippen LogP) is 1.42. The molecule has 106 valence electrons. The number of anilines is 1. The average Bonchev–Trinajstić information content (AvgIpc) is 2.32. The first kappa shape index (κ1) is 15.0. The third-order valence-electron chi connectivity index (χ3n) is 2.33. The van der Waals surface area contributed by atoms with E-state index in [-0.39, 0.29) is 19.0 Å². The van der Waals surface area contributed by atoms with Crippen LogP contribution in [0.4, 0.5) is 14.9 Å². The SMILES string of the molecule is COc1cc(F)c(COCC(C)OC(N)=O)cc1N. The molecule has 1 rings (SSSR count). The van der Waals surface area contributed by atoms with Crippen LogP contribution in [0.2, 0.25) is 0 Å². The Morgan fingerprint density at radius 2 is 2.16 bits per heavy atom. The van der Waals surface area contributed by atoms with E-state index in [1.165, 1.54) is 19.2 Å². The fraction of sp³-hybridized carbons (Fsp3) is 0.417. The lowest BCUT2D eigenvalue weighted by atomic mass is 10.2. The maximum absolute atomic E-state index is 13.6. The van der Waals surface area contributed by atoms with Crippen molar-refractivity contribution in [3.05, 3.63) is 23.5 Å². The number of nitrogen functional groups attached to an aromatic ring is 1. The number of halogens is 1. The first-order valence-electron chi connectivity index (χ1n) is 5.59. The van der Waals surface area contributed by atoms with Gasteiger partial charge in [-0.15, -0.1) is 0 Å². The van der Waals surface area contributed by atoms with E-state index in [0.717, 1.165) is 0 Å². The number of amides is 1. The minimum absolute atomic E-state index is 0.00644. The molecule has 0 spiro atoms. The van der Waals surface area contributed by atoms with Gasteiger partial charge in [0.05, 0.1) is 26.0 Å². The van der Waals surface area contributed by atoms with Crippen LogP contribution >= 0.6 is 0 Å². The normalized spacial score (nSPS) is 11.9. The Kier molecular flexibility index (Phi) is 5.37. The number of carbonyl (C=O) groups excluding carboxylic acids is 1. The van der Waals surface area contributed by atoms with Gasteiger partial charge in [0, 0.05) is 11.6 Å². The van der Waals surface area contributed by atoms with Gasteiger partial charge in [0.15, 0.2) is 0 Å². The van der Waals surface area contributed by atoms with E-state index in [0.29, 0.717) is 11.3 Å². The lowest BCUT2D eigenvalue weighted by Gasteiger charge is -2.13. The van der Waals surface area contributed by atoms with Gasteiger partial charge in [-0.3, -0.25) is 0 Å². The van der Waals surface area contributed by atoms with Crippen molar-refractivity contribution in [1.82, 2.24) is 0 Å². The highest BCUT2D eigenvalue weighted by Crippen LogP contribution is 2.25. The molecule has 1 amide bonds. The van der Waals surface area contributed by atoms with Gasteiger partial charge in [-0.2, -0.15) is 0 Å². The van der Waals surface area contributed by atoms with Crippen molar-refractivity contribution < 1.29 is 23.4 Å². The second-order valence-electron chi connectivity index (χ2n) is 3.95. The molecule has 19 heavy (non-hydrogen) atoms. The number of primary amides is 1. The zero-order chi connectivity index (χ0) is 14.4. The second kappa shape index (κ2) is 6.79. The van der Waals surface area contributed by atoms with E-state index >= 15 is 0 Å². The molecule has 1 aromatic carbocycles. The Labute approximate surface area is 110 Å². The van der Waals surface area contributed by atoms with Crippen LogP contribution in [0.25, 0.3) is 0 Å². The van der Waals surface area contributed by atoms with Crippen LogP contribution in [0, 0.1) is 5.82 Å². The minimum Gasteiger partial charge on any atom is -0.494 e. The van der Waals surface area contributed by atoms with Gasteiger partial charge in [-0.1, -0.05) is 0 Å². The Bertz CT molecular complexity index is 454. The molecular formula is C12H17FN2O4. The topological polar surface area (TPSA) is 96.8 Å². The summed E-state index contributed by atoms with van der Waals surface area (Å²) in [5, 5.41) is 0. The van der Waals surface area contributed by atoms with Gasteiger partial charge < -0.3 is 25.7 Å². The summed E-state index contributed by atoms with van der Waals surface area (Å²) in [6.07, 6.45) is -1.38. The molecule has 1 aromatic rings. The Morgan fingerprint density at radius 1 is 1.47 bits per heavy atom. The second-order valence-corrected chi connectivity index (χ2v) is 3.95. The van der Waals surface area contributed by atoms with Crippen LogP contribution in [0.1, 0.15) is 12.5 Å². The van der Waals surface area contributed by atoms with Gasteiger partial charge in [-0.05, 0) is 13.0 Å². The number of ether oxygens (including phenoxy) is 3. The molecule has 0 radical (unpaired) electrons. The lowest BCUT2D eigenvalue weighted by molar-refractivity contribution is 0.0243. The molecule has 7 heteroatoms. The van der Waals surface area contributed by atoms with Gasteiger partial charge in [0.25, 0.3) is 0 Å². The van der Waals surface area contributed by atoms with E-state index in [2.05, 4.69) is 4.74 Å². The standard InChI is InChI=1S/C12H17FN2O4/c1-7(19-12(15)16)5-18-6-8-3-10(14)11(17-2)4-9(8)13/h3-4,7H,5-6,14H2,1-2H3,(H2,15,16). The molecule has 0 bridgehead atoms. The summed E-state index contributed by atoms with van der Waals surface area (Å²) in [7, 11) is 1.41. The largest absolute Gasteiger partial charge is 0.494 e. The van der Waals surface area contributed by atoms with E-state index in [1.807, 2.05) is 0 Å². The molecule has 0 saturated heterocycles. The number of nitrogens with two attached hydrogens (primary N) is 2. The highest BCUT2D eigenvalue weighted by Gasteiger charge is 2.10. The van der Waals surface area contributed by atoms with Crippen molar-refractivity contribution in [3.8, 4) is 5.75 Å². The van der Waals surface area contributed by atoms with Crippen LogP contribution in [0.3, 0.4) is 0 Å². The molecule has 0 aliphatic carbocycles. The van der Waals surface area contributed by atoms with Crippen molar-refractivity contribution >= 4 is 11.8 Å². The molecule has 0 saturated carbocycles. The van der Waals surface area contributed by atoms with Crippen LogP contribution in [0.15, 0.2) is 12.1 Å². The summed E-state index contributed by atoms with van der Waals surface area (Å²) in [5.74, 6) is -0.207. The van der Waals surface area contributed by atoms with Crippen molar-refractivity contribution in [2.75, 3.05) is 19.5 Å². The summed E-state index contributed by atoms with van der Waals surface area (Å²) in [4.78, 5) is 10.5. The summed E-state index contributed by atoms with van der Waals surface area (Å²) < 4.78 is 28.4. The van der Waals surface area contributed by atoms with E-state index in [4.69, 9.17) is 20.9 Å². The molecule has 1 unspecified atom stereocenters. The van der Waals surface area contributed by atoms with Crippen LogP contribution in [0.5, 0.6) is 5.75 Å². The average molecular weight is 272 g/mol. The molecule has 0 aliphatic rings. The van der Waals surface area contributed by atoms with Gasteiger partial charge in [-0.25, -0.2) is 9.18 Å². The molecule has 0 aliphatic heterocycles. The third kappa shape index (κ3) is 4.63. The monoisotopic (exact) mass is 272 g/mol. The number of carbonyl (C=O) groups is 1. The van der Waals surface area contributed by atoms with E-state index in [1.54, 1.807) is 6.92 Å². The number of rotatable bonds is 6. The van der Waals surface area contributed by atoms with Crippen molar-refractivity contribution in [2.24, 2.45) is 5.73 Å². The number of hydrogen-bond acceptors (Lipinski definition) is 5. The lowest BCUT2D eigenvalue weighted by Crippen LogP contribution is -2.24. The number of benzene rings is 1. The summed E-state index contributed by atoms with van der Waals surface area (Å²) in [6.45, 7) is 1.73. The predicted molar refractivity (Wildman–Crippen MR) is 67.2 cm³/mol. The van der Waals surface area contributed by atoms with Gasteiger partial charge >= 0.3 is 6.09 Å². The molecule has 0 aromatic heterocycles. The maximum atomic E-state index is 13.6. The fourth-order valence-electron chi connectivity index (χ4n) is 1.47. The summed E-state index contributed by atoms with van der Waals surface area (Å²) in [6, 6.07) is 2.63. The zero-order valence-corrected chi connectivity index (χ0v) is 10.8. The molecule has 0 fully saturated rings. The van der Waals surface area contributed by atoms with Crippen molar-refractivity contribution in [3.63, 3.8) is 0 Å². The quantitative estimate of drug-likeness (QED) is 0.763. The van der Waals surface area contributed by atoms with Crippen LogP contribution in [-0.4, -0.2) is 25.9 Å². The molecule has 4 N–H and O–H groups in total. The smallest absolute Gasteiger partial charge is 0.404 e. The van der Waals surface area contributed by atoms with Gasteiger partial charge in [0.1, 0.15) is 17.7 Å². The highest BCUT2D eigenvalue weighted by molar-refractivity contribution is 5.64. The number of methoxy groups -OCH3 is 1. The zero-order valence-electron chi connectivity index (χ0n) is 10.8. The Morgan fingerprint density at radius 3 is 2.74 bits per heavy atom. The number of hydrogen-bond donors (Lipinski definition) is 2. The minimum atomic E-state index is -0.879. The van der Waals surface area contributed by atoms with Crippen molar-refractivity contribution in [1.29, 1.82) is 0 Å². The van der Waals surface area contributed by atoms with Crippen molar-refractivity contribution in [2.45, 2.75) is 19.6 Å². The molecule has 1 atom stereocenters. The third-order valence-corrected chi connectivity index (χ3v) is 2.33. The molecule has 6 nitrogen and oxygen atoms in total. The first-order chi connectivity index (χ1) is 8.93. The first-order valence-corrected chi connectivity index (χ1v) is 5.59. The maximum Gasteiger partial charge on any atom is 0.404 e. The fourth-order valence-corrected chi connectivity index (χ4v) is 1.47. The molecular weight excluding hydrogens is 255 g/mol. The van der Waals surface area contributed by atoms with Crippen LogP contribution in [-0.2, 0) is 16.1 Å². The highest BCUT2D eigenvalue weighted by atomic mass is 19.1.